The minimum Gasteiger partial charge on any atom is -0.390 e. The zero-order valence-electron chi connectivity index (χ0n) is 9.90. The summed E-state index contributed by atoms with van der Waals surface area (Å²) in [7, 11) is 1.73. The van der Waals surface area contributed by atoms with Crippen molar-refractivity contribution in [2.75, 3.05) is 7.11 Å². The summed E-state index contributed by atoms with van der Waals surface area (Å²) in [5.41, 5.74) is -0.0892. The van der Waals surface area contributed by atoms with Crippen LogP contribution in [-0.4, -0.2) is 36.1 Å². The van der Waals surface area contributed by atoms with Crippen molar-refractivity contribution in [1.82, 2.24) is 0 Å². The summed E-state index contributed by atoms with van der Waals surface area (Å²) in [6.45, 7) is 4.24. The molecule has 0 spiro atoms. The van der Waals surface area contributed by atoms with Crippen LogP contribution in [0.5, 0.6) is 0 Å². The number of methoxy groups -OCH3 is 1. The average molecular weight is 214 g/mol. The Morgan fingerprint density at radius 2 is 2.20 bits per heavy atom. The standard InChI is InChI=1S/C12H22O3/c1-4-6-12-7-8(11(12)14-3)10(13)9(5-2)15-12/h8-11,13H,4-7H2,1-3H3. The van der Waals surface area contributed by atoms with Gasteiger partial charge in [0.1, 0.15) is 0 Å². The topological polar surface area (TPSA) is 38.7 Å². The lowest BCUT2D eigenvalue weighted by molar-refractivity contribution is -0.329. The van der Waals surface area contributed by atoms with E-state index in [4.69, 9.17) is 9.47 Å². The van der Waals surface area contributed by atoms with E-state index in [9.17, 15) is 5.11 Å². The molecular formula is C12H22O3. The Balaban J connectivity index is 2.12. The highest BCUT2D eigenvalue weighted by atomic mass is 16.6. The molecule has 1 N–H and O–H groups in total. The summed E-state index contributed by atoms with van der Waals surface area (Å²) in [5.74, 6) is 0.292. The van der Waals surface area contributed by atoms with Crippen LogP contribution in [0.25, 0.3) is 0 Å². The van der Waals surface area contributed by atoms with Crippen LogP contribution in [0.3, 0.4) is 0 Å². The zero-order valence-corrected chi connectivity index (χ0v) is 9.90. The van der Waals surface area contributed by atoms with Gasteiger partial charge in [-0.2, -0.15) is 0 Å². The molecule has 3 heteroatoms. The predicted octanol–water partition coefficient (Wildman–Crippen LogP) is 1.73. The third kappa shape index (κ3) is 1.52. The predicted molar refractivity (Wildman–Crippen MR) is 57.7 cm³/mol. The van der Waals surface area contributed by atoms with E-state index in [1.165, 1.54) is 0 Å². The zero-order chi connectivity index (χ0) is 11.1. The molecular weight excluding hydrogens is 192 g/mol. The van der Waals surface area contributed by atoms with Gasteiger partial charge in [-0.15, -0.1) is 0 Å². The second-order valence-electron chi connectivity index (χ2n) is 4.89. The lowest BCUT2D eigenvalue weighted by Crippen LogP contribution is -2.71. The Labute approximate surface area is 91.8 Å². The van der Waals surface area contributed by atoms with Gasteiger partial charge in [0.2, 0.25) is 0 Å². The molecule has 0 aromatic rings. The number of ether oxygens (including phenoxy) is 2. The van der Waals surface area contributed by atoms with Crippen molar-refractivity contribution < 1.29 is 14.6 Å². The van der Waals surface area contributed by atoms with Gasteiger partial charge in [-0.25, -0.2) is 0 Å². The molecule has 2 aliphatic heterocycles. The van der Waals surface area contributed by atoms with Crippen molar-refractivity contribution in [3.05, 3.63) is 0 Å². The molecule has 2 bridgehead atoms. The average Bonchev–Trinajstić information content (AvgIpc) is 2.21. The van der Waals surface area contributed by atoms with E-state index >= 15 is 0 Å². The Hall–Kier alpha value is -0.120. The highest BCUT2D eigenvalue weighted by Gasteiger charge is 2.63. The molecule has 0 amide bonds. The van der Waals surface area contributed by atoms with E-state index in [-0.39, 0.29) is 23.9 Å². The normalized spacial score (nSPS) is 48.8. The van der Waals surface area contributed by atoms with Crippen LogP contribution in [0.2, 0.25) is 0 Å². The van der Waals surface area contributed by atoms with Crippen molar-refractivity contribution in [3.8, 4) is 0 Å². The molecule has 88 valence electrons. The molecule has 3 nitrogen and oxygen atoms in total. The first-order chi connectivity index (χ1) is 7.18. The fourth-order valence-corrected chi connectivity index (χ4v) is 3.35. The molecule has 0 aromatic carbocycles. The summed E-state index contributed by atoms with van der Waals surface area (Å²) in [5, 5.41) is 10.1. The first-order valence-electron chi connectivity index (χ1n) is 6.07. The Kier molecular flexibility index (Phi) is 3.06. The summed E-state index contributed by atoms with van der Waals surface area (Å²) < 4.78 is 11.6. The lowest BCUT2D eigenvalue weighted by Gasteiger charge is -2.62. The van der Waals surface area contributed by atoms with Gasteiger partial charge in [-0.3, -0.25) is 0 Å². The molecule has 2 saturated heterocycles. The van der Waals surface area contributed by atoms with Gasteiger partial charge >= 0.3 is 0 Å². The van der Waals surface area contributed by atoms with Crippen LogP contribution in [0.1, 0.15) is 39.5 Å². The minimum absolute atomic E-state index is 0.0155. The Bertz CT molecular complexity index is 231. The van der Waals surface area contributed by atoms with Crippen LogP contribution in [0.4, 0.5) is 0 Å². The van der Waals surface area contributed by atoms with E-state index in [2.05, 4.69) is 13.8 Å². The van der Waals surface area contributed by atoms with Crippen molar-refractivity contribution in [1.29, 1.82) is 0 Å². The summed E-state index contributed by atoms with van der Waals surface area (Å²) >= 11 is 0. The highest BCUT2D eigenvalue weighted by molar-refractivity contribution is 5.12. The molecule has 1 aliphatic carbocycles. The van der Waals surface area contributed by atoms with Gasteiger partial charge in [-0.05, 0) is 19.3 Å². The van der Waals surface area contributed by atoms with Gasteiger partial charge in [0, 0.05) is 13.0 Å². The smallest absolute Gasteiger partial charge is 0.0956 e. The van der Waals surface area contributed by atoms with Gasteiger partial charge in [-0.1, -0.05) is 20.3 Å². The Morgan fingerprint density at radius 1 is 1.47 bits per heavy atom. The fourth-order valence-electron chi connectivity index (χ4n) is 3.35. The van der Waals surface area contributed by atoms with Gasteiger partial charge in [0.05, 0.1) is 23.9 Å². The van der Waals surface area contributed by atoms with E-state index in [0.29, 0.717) is 5.92 Å². The van der Waals surface area contributed by atoms with E-state index in [1.807, 2.05) is 0 Å². The quantitative estimate of drug-likeness (QED) is 0.774. The first kappa shape index (κ1) is 11.4. The third-order valence-electron chi connectivity index (χ3n) is 4.02. The second kappa shape index (κ2) is 4.04. The number of aliphatic hydroxyl groups is 1. The summed E-state index contributed by atoms with van der Waals surface area (Å²) in [4.78, 5) is 0. The number of hydrogen-bond donors (Lipinski definition) is 1. The van der Waals surface area contributed by atoms with Gasteiger partial charge in [0.25, 0.3) is 0 Å². The van der Waals surface area contributed by atoms with Crippen LogP contribution in [0, 0.1) is 5.92 Å². The summed E-state index contributed by atoms with van der Waals surface area (Å²) in [6.07, 6.45) is 3.80. The first-order valence-corrected chi connectivity index (χ1v) is 6.07. The SMILES string of the molecule is CCCC12CC(C(O)C(CC)O1)C2OC. The van der Waals surface area contributed by atoms with Crippen molar-refractivity contribution in [2.45, 2.75) is 63.4 Å². The molecule has 3 fully saturated rings. The Morgan fingerprint density at radius 3 is 2.73 bits per heavy atom. The number of rotatable bonds is 4. The molecule has 5 atom stereocenters. The number of aliphatic hydroxyl groups excluding tert-OH is 1. The van der Waals surface area contributed by atoms with Crippen molar-refractivity contribution >= 4 is 0 Å². The third-order valence-corrected chi connectivity index (χ3v) is 4.02. The maximum Gasteiger partial charge on any atom is 0.0956 e. The van der Waals surface area contributed by atoms with E-state index in [1.54, 1.807) is 7.11 Å². The summed E-state index contributed by atoms with van der Waals surface area (Å²) in [6, 6.07) is 0. The lowest BCUT2D eigenvalue weighted by atomic mass is 9.60. The van der Waals surface area contributed by atoms with Gasteiger partial charge < -0.3 is 14.6 Å². The van der Waals surface area contributed by atoms with Crippen molar-refractivity contribution in [2.24, 2.45) is 5.92 Å². The van der Waals surface area contributed by atoms with E-state index < -0.39 is 0 Å². The monoisotopic (exact) mass is 214 g/mol. The highest BCUT2D eigenvalue weighted by Crippen LogP contribution is 2.53. The minimum atomic E-state index is -0.335. The van der Waals surface area contributed by atoms with Crippen LogP contribution in [-0.2, 0) is 9.47 Å². The molecule has 1 saturated carbocycles. The molecule has 3 rings (SSSR count). The molecule has 2 heterocycles. The molecule has 5 unspecified atom stereocenters. The number of fused-ring (bicyclic) bond motifs is 2. The van der Waals surface area contributed by atoms with Crippen LogP contribution < -0.4 is 0 Å². The maximum atomic E-state index is 10.1. The van der Waals surface area contributed by atoms with Crippen LogP contribution >= 0.6 is 0 Å². The molecule has 15 heavy (non-hydrogen) atoms. The maximum absolute atomic E-state index is 10.1. The second-order valence-corrected chi connectivity index (χ2v) is 4.89. The van der Waals surface area contributed by atoms with Crippen molar-refractivity contribution in [3.63, 3.8) is 0 Å². The fraction of sp³-hybridized carbons (Fsp3) is 1.00. The van der Waals surface area contributed by atoms with Crippen LogP contribution in [0.15, 0.2) is 0 Å². The van der Waals surface area contributed by atoms with Gasteiger partial charge in [0.15, 0.2) is 0 Å². The number of hydrogen-bond acceptors (Lipinski definition) is 3. The molecule has 0 radical (unpaired) electrons. The van der Waals surface area contributed by atoms with E-state index in [0.717, 1.165) is 25.7 Å². The molecule has 3 aliphatic rings. The molecule has 0 aromatic heterocycles. The largest absolute Gasteiger partial charge is 0.390 e.